The molecule has 6 heteroatoms. The first-order chi connectivity index (χ1) is 12.3. The van der Waals surface area contributed by atoms with Crippen LogP contribution in [0.5, 0.6) is 0 Å². The van der Waals surface area contributed by atoms with Crippen molar-refractivity contribution >= 4 is 23.1 Å². The summed E-state index contributed by atoms with van der Waals surface area (Å²) in [6, 6.07) is 14.4. The van der Waals surface area contributed by atoms with Gasteiger partial charge in [-0.2, -0.15) is 0 Å². The molecule has 0 bridgehead atoms. The second-order valence-corrected chi connectivity index (χ2v) is 7.60. The second-order valence-electron chi connectivity index (χ2n) is 5.69. The number of nitrogens with zero attached hydrogens (tertiary/aromatic N) is 2. The predicted octanol–water partition coefficient (Wildman–Crippen LogP) is 5.32. The zero-order valence-electron chi connectivity index (χ0n) is 13.7. The summed E-state index contributed by atoms with van der Waals surface area (Å²) in [5.74, 6) is 1.41. The summed E-state index contributed by atoms with van der Waals surface area (Å²) >= 11 is 3.27. The summed E-state index contributed by atoms with van der Waals surface area (Å²) in [6.07, 6.45) is 2.57. The average molecular weight is 367 g/mol. The number of thiophene rings is 1. The van der Waals surface area contributed by atoms with Gasteiger partial charge in [0.25, 0.3) is 0 Å². The lowest BCUT2D eigenvalue weighted by atomic mass is 10.1. The minimum Gasteiger partial charge on any atom is -0.444 e. The third-order valence-corrected chi connectivity index (χ3v) is 5.58. The van der Waals surface area contributed by atoms with E-state index >= 15 is 0 Å². The molecule has 1 aromatic carbocycles. The van der Waals surface area contributed by atoms with Crippen molar-refractivity contribution in [3.05, 3.63) is 76.8 Å². The van der Waals surface area contributed by atoms with Crippen LogP contribution < -0.4 is 0 Å². The Morgan fingerprint density at radius 3 is 2.80 bits per heavy atom. The van der Waals surface area contributed by atoms with Gasteiger partial charge in [-0.1, -0.05) is 48.2 Å². The molecule has 0 saturated carbocycles. The number of aromatic nitrogens is 3. The molecule has 0 unspecified atom stereocenters. The van der Waals surface area contributed by atoms with E-state index in [1.165, 1.54) is 5.56 Å². The van der Waals surface area contributed by atoms with Crippen LogP contribution in [0.1, 0.15) is 22.6 Å². The minimum atomic E-state index is 0.686. The Balaban J connectivity index is 1.41. The van der Waals surface area contributed by atoms with E-state index in [-0.39, 0.29) is 0 Å². The molecular formula is C19H17N3OS2. The van der Waals surface area contributed by atoms with Crippen LogP contribution >= 0.6 is 23.1 Å². The first kappa shape index (κ1) is 16.2. The van der Waals surface area contributed by atoms with Gasteiger partial charge in [-0.3, -0.25) is 0 Å². The van der Waals surface area contributed by atoms with Crippen LogP contribution in [-0.2, 0) is 12.2 Å². The van der Waals surface area contributed by atoms with Crippen LogP contribution in [0.2, 0.25) is 0 Å². The van der Waals surface area contributed by atoms with E-state index < -0.39 is 0 Å². The van der Waals surface area contributed by atoms with E-state index in [4.69, 9.17) is 9.40 Å². The number of nitrogens with one attached hydrogen (secondary N) is 1. The maximum absolute atomic E-state index is 5.56. The number of H-pyrrole nitrogens is 1. The molecule has 3 heterocycles. The number of benzene rings is 1. The first-order valence-corrected chi connectivity index (χ1v) is 9.85. The number of rotatable bonds is 6. The molecule has 25 heavy (non-hydrogen) atoms. The Morgan fingerprint density at radius 2 is 2.00 bits per heavy atom. The number of hydrogen-bond acceptors (Lipinski definition) is 5. The molecule has 0 atom stereocenters. The van der Waals surface area contributed by atoms with Crippen molar-refractivity contribution in [2.75, 3.05) is 0 Å². The zero-order chi connectivity index (χ0) is 17.1. The molecule has 0 saturated heterocycles. The highest BCUT2D eigenvalue weighted by molar-refractivity contribution is 7.98. The molecule has 0 fully saturated rings. The van der Waals surface area contributed by atoms with Gasteiger partial charge in [0.1, 0.15) is 6.26 Å². The van der Waals surface area contributed by atoms with Crippen LogP contribution in [-0.4, -0.2) is 15.0 Å². The van der Waals surface area contributed by atoms with Crippen molar-refractivity contribution in [3.8, 4) is 10.8 Å². The van der Waals surface area contributed by atoms with Crippen molar-refractivity contribution in [1.29, 1.82) is 0 Å². The van der Waals surface area contributed by atoms with E-state index in [1.54, 1.807) is 29.4 Å². The molecule has 0 radical (unpaired) electrons. The van der Waals surface area contributed by atoms with Crippen molar-refractivity contribution < 1.29 is 4.42 Å². The summed E-state index contributed by atoms with van der Waals surface area (Å²) in [5.41, 5.74) is 4.40. The number of imidazole rings is 1. The molecule has 0 aliphatic carbocycles. The largest absolute Gasteiger partial charge is 0.444 e. The van der Waals surface area contributed by atoms with Crippen LogP contribution in [0.4, 0.5) is 0 Å². The number of aryl methyl sites for hydroxylation is 1. The Bertz CT molecular complexity index is 942. The molecule has 4 nitrogen and oxygen atoms in total. The maximum atomic E-state index is 5.56. The van der Waals surface area contributed by atoms with Gasteiger partial charge in [-0.25, -0.2) is 9.97 Å². The van der Waals surface area contributed by atoms with Crippen LogP contribution in [0.15, 0.2) is 63.7 Å². The number of oxazole rings is 1. The third kappa shape index (κ3) is 3.86. The summed E-state index contributed by atoms with van der Waals surface area (Å²) in [7, 11) is 0. The lowest BCUT2D eigenvalue weighted by Gasteiger charge is -1.98. The van der Waals surface area contributed by atoms with Gasteiger partial charge in [0.2, 0.25) is 5.89 Å². The second kappa shape index (κ2) is 7.29. The Hall–Kier alpha value is -2.31. The fourth-order valence-corrected chi connectivity index (χ4v) is 4.00. The SMILES string of the molecule is Cc1[nH]c(SCc2coc(-c3cccs3)n2)nc1Cc1ccccc1. The molecule has 0 aliphatic heterocycles. The average Bonchev–Trinajstić information content (AvgIpc) is 3.35. The topological polar surface area (TPSA) is 54.7 Å². The van der Waals surface area contributed by atoms with Crippen LogP contribution in [0, 0.1) is 6.92 Å². The monoisotopic (exact) mass is 367 g/mol. The normalized spacial score (nSPS) is 11.1. The molecule has 0 aliphatic rings. The standard InChI is InChI=1S/C19H17N3OS2/c1-13-16(10-14-6-3-2-4-7-14)22-19(20-13)25-12-15-11-23-18(21-15)17-8-5-9-24-17/h2-9,11H,10,12H2,1H3,(H,20,22). The zero-order valence-corrected chi connectivity index (χ0v) is 15.4. The molecular weight excluding hydrogens is 350 g/mol. The lowest BCUT2D eigenvalue weighted by Crippen LogP contribution is -1.90. The maximum Gasteiger partial charge on any atom is 0.236 e. The summed E-state index contributed by atoms with van der Waals surface area (Å²) in [5, 5.41) is 2.94. The van der Waals surface area contributed by atoms with Gasteiger partial charge in [0.15, 0.2) is 5.16 Å². The van der Waals surface area contributed by atoms with Crippen LogP contribution in [0.3, 0.4) is 0 Å². The van der Waals surface area contributed by atoms with E-state index in [0.29, 0.717) is 5.89 Å². The fraction of sp³-hybridized carbons (Fsp3) is 0.158. The van der Waals surface area contributed by atoms with E-state index in [0.717, 1.165) is 39.3 Å². The molecule has 3 aromatic heterocycles. The van der Waals surface area contributed by atoms with Gasteiger partial charge in [-0.05, 0) is 23.9 Å². The van der Waals surface area contributed by atoms with E-state index in [1.807, 2.05) is 23.6 Å². The van der Waals surface area contributed by atoms with Gasteiger partial charge in [0.05, 0.1) is 16.3 Å². The molecule has 126 valence electrons. The Labute approximate surface area is 154 Å². The van der Waals surface area contributed by atoms with Gasteiger partial charge < -0.3 is 9.40 Å². The van der Waals surface area contributed by atoms with Crippen molar-refractivity contribution in [1.82, 2.24) is 15.0 Å². The third-order valence-electron chi connectivity index (χ3n) is 3.82. The molecule has 4 rings (SSSR count). The predicted molar refractivity (Wildman–Crippen MR) is 102 cm³/mol. The van der Waals surface area contributed by atoms with Crippen LogP contribution in [0.25, 0.3) is 10.8 Å². The van der Waals surface area contributed by atoms with Gasteiger partial charge in [-0.15, -0.1) is 11.3 Å². The smallest absolute Gasteiger partial charge is 0.236 e. The number of thioether (sulfide) groups is 1. The Kier molecular flexibility index (Phi) is 4.72. The molecule has 0 amide bonds. The first-order valence-electron chi connectivity index (χ1n) is 7.98. The van der Waals surface area contributed by atoms with Gasteiger partial charge >= 0.3 is 0 Å². The minimum absolute atomic E-state index is 0.686. The summed E-state index contributed by atoms with van der Waals surface area (Å²) in [4.78, 5) is 13.7. The highest BCUT2D eigenvalue weighted by Crippen LogP contribution is 2.27. The number of hydrogen-bond donors (Lipinski definition) is 1. The molecule has 1 N–H and O–H groups in total. The van der Waals surface area contributed by atoms with Crippen molar-refractivity contribution in [3.63, 3.8) is 0 Å². The fourth-order valence-electron chi connectivity index (χ4n) is 2.53. The highest BCUT2D eigenvalue weighted by Gasteiger charge is 2.11. The van der Waals surface area contributed by atoms with Crippen molar-refractivity contribution in [2.45, 2.75) is 24.3 Å². The quantitative estimate of drug-likeness (QED) is 0.469. The highest BCUT2D eigenvalue weighted by atomic mass is 32.2. The number of aromatic amines is 1. The van der Waals surface area contributed by atoms with E-state index in [9.17, 15) is 0 Å². The lowest BCUT2D eigenvalue weighted by molar-refractivity contribution is 0.575. The molecule has 0 spiro atoms. The Morgan fingerprint density at radius 1 is 1.12 bits per heavy atom. The summed E-state index contributed by atoms with van der Waals surface area (Å²) in [6.45, 7) is 2.07. The molecule has 4 aromatic rings. The van der Waals surface area contributed by atoms with Gasteiger partial charge in [0, 0.05) is 17.9 Å². The van der Waals surface area contributed by atoms with E-state index in [2.05, 4.69) is 41.2 Å². The summed E-state index contributed by atoms with van der Waals surface area (Å²) < 4.78 is 5.56. The van der Waals surface area contributed by atoms with Crippen molar-refractivity contribution in [2.24, 2.45) is 0 Å².